The van der Waals surface area contributed by atoms with Gasteiger partial charge >= 0.3 is 10.2 Å². The average molecular weight is 410 g/mol. The highest BCUT2D eigenvalue weighted by atomic mass is 32.2. The first-order valence-corrected chi connectivity index (χ1v) is 10.0. The molecule has 12 heteroatoms. The molecular weight excluding hydrogens is 391 g/mol. The highest BCUT2D eigenvalue weighted by Gasteiger charge is 2.38. The standard InChI is InChI=1S/C16H19FN6O4S/c1-21-4-6-22(7-5-21)13-8-11(18-19-13)10-2-3-12(24)16(15(10)17)23-9-14(25)20-28(23,26)27/h2-3,8,24H,4-7,9H2,1H3,(H,18,19)(H,20,25). The van der Waals surface area contributed by atoms with Crippen LogP contribution in [0.2, 0.25) is 0 Å². The fraction of sp³-hybridized carbons (Fsp3) is 0.375. The van der Waals surface area contributed by atoms with Crippen LogP contribution < -0.4 is 13.9 Å². The van der Waals surface area contributed by atoms with Gasteiger partial charge in [-0.1, -0.05) is 0 Å². The molecule has 150 valence electrons. The Morgan fingerprint density at radius 1 is 1.21 bits per heavy atom. The number of amides is 1. The maximum atomic E-state index is 15.2. The lowest BCUT2D eigenvalue weighted by Crippen LogP contribution is -2.44. The molecule has 0 spiro atoms. The second-order valence-electron chi connectivity index (χ2n) is 6.76. The minimum Gasteiger partial charge on any atom is -0.506 e. The van der Waals surface area contributed by atoms with Crippen molar-refractivity contribution < 1.29 is 22.7 Å². The molecule has 28 heavy (non-hydrogen) atoms. The highest BCUT2D eigenvalue weighted by molar-refractivity contribution is 7.92. The van der Waals surface area contributed by atoms with Gasteiger partial charge in [0.2, 0.25) is 0 Å². The molecule has 0 bridgehead atoms. The van der Waals surface area contributed by atoms with Crippen molar-refractivity contribution >= 4 is 27.6 Å². The van der Waals surface area contributed by atoms with E-state index in [0.29, 0.717) is 15.8 Å². The zero-order valence-corrected chi connectivity index (χ0v) is 15.8. The second kappa shape index (κ2) is 6.63. The molecule has 3 N–H and O–H groups in total. The predicted molar refractivity (Wildman–Crippen MR) is 99.8 cm³/mol. The molecule has 1 aromatic heterocycles. The van der Waals surface area contributed by atoms with E-state index in [-0.39, 0.29) is 5.56 Å². The molecule has 2 saturated heterocycles. The number of phenols is 1. The molecule has 2 aliphatic heterocycles. The number of phenolic OH excluding ortho intramolecular Hbond substituents is 1. The smallest absolute Gasteiger partial charge is 0.326 e. The first-order valence-electron chi connectivity index (χ1n) is 8.60. The zero-order valence-electron chi connectivity index (χ0n) is 15.0. The Morgan fingerprint density at radius 2 is 1.93 bits per heavy atom. The van der Waals surface area contributed by atoms with Gasteiger partial charge in [-0.15, -0.1) is 0 Å². The largest absolute Gasteiger partial charge is 0.506 e. The maximum absolute atomic E-state index is 15.2. The average Bonchev–Trinajstić information content (AvgIpc) is 3.20. The van der Waals surface area contributed by atoms with Crippen LogP contribution in [0.1, 0.15) is 0 Å². The zero-order chi connectivity index (χ0) is 20.1. The van der Waals surface area contributed by atoms with E-state index in [2.05, 4.69) is 20.0 Å². The summed E-state index contributed by atoms with van der Waals surface area (Å²) in [5, 5.41) is 17.0. The Morgan fingerprint density at radius 3 is 2.57 bits per heavy atom. The number of hydrogen-bond donors (Lipinski definition) is 3. The van der Waals surface area contributed by atoms with Crippen molar-refractivity contribution in [1.29, 1.82) is 0 Å². The SMILES string of the molecule is CN1CCN(c2cc(-c3ccc(O)c(N4CC(=O)NS4(=O)=O)c3F)[nH]n2)CC1. The highest BCUT2D eigenvalue weighted by Crippen LogP contribution is 2.38. The number of aromatic hydroxyl groups is 1. The molecule has 2 aliphatic rings. The molecule has 1 amide bonds. The quantitative estimate of drug-likeness (QED) is 0.644. The summed E-state index contributed by atoms with van der Waals surface area (Å²) in [5.41, 5.74) is -0.203. The number of anilines is 2. The van der Waals surface area contributed by atoms with Crippen LogP contribution in [-0.4, -0.2) is 74.3 Å². The summed E-state index contributed by atoms with van der Waals surface area (Å²) < 4.78 is 41.5. The Balaban J connectivity index is 1.70. The van der Waals surface area contributed by atoms with Crippen molar-refractivity contribution in [3.8, 4) is 17.0 Å². The molecule has 1 aromatic carbocycles. The third kappa shape index (κ3) is 3.14. The van der Waals surface area contributed by atoms with Crippen LogP contribution in [0.15, 0.2) is 18.2 Å². The van der Waals surface area contributed by atoms with Gasteiger partial charge < -0.3 is 14.9 Å². The Kier molecular flexibility index (Phi) is 4.38. The lowest BCUT2D eigenvalue weighted by molar-refractivity contribution is -0.117. The van der Waals surface area contributed by atoms with Crippen molar-refractivity contribution in [2.45, 2.75) is 0 Å². The second-order valence-corrected chi connectivity index (χ2v) is 8.36. The Labute approximate surface area is 160 Å². The number of aromatic amines is 1. The predicted octanol–water partition coefficient (Wildman–Crippen LogP) is -0.146. The lowest BCUT2D eigenvalue weighted by Gasteiger charge is -2.32. The number of rotatable bonds is 3. The Bertz CT molecular complexity index is 1030. The van der Waals surface area contributed by atoms with Crippen LogP contribution in [0.4, 0.5) is 15.9 Å². The van der Waals surface area contributed by atoms with E-state index in [1.54, 1.807) is 10.8 Å². The fourth-order valence-corrected chi connectivity index (χ4v) is 4.46. The summed E-state index contributed by atoms with van der Waals surface area (Å²) >= 11 is 0. The number of benzene rings is 1. The molecule has 3 heterocycles. The normalized spacial score (nSPS) is 19.9. The molecule has 0 saturated carbocycles. The van der Waals surface area contributed by atoms with Crippen LogP contribution >= 0.6 is 0 Å². The lowest BCUT2D eigenvalue weighted by atomic mass is 10.1. The number of nitrogens with zero attached hydrogens (tertiary/aromatic N) is 4. The summed E-state index contributed by atoms with van der Waals surface area (Å²) in [6, 6.07) is 4.18. The van der Waals surface area contributed by atoms with Crippen LogP contribution in [0.3, 0.4) is 0 Å². The van der Waals surface area contributed by atoms with E-state index in [0.717, 1.165) is 26.2 Å². The van der Waals surface area contributed by atoms with E-state index in [9.17, 15) is 18.3 Å². The molecule has 0 atom stereocenters. The van der Waals surface area contributed by atoms with Crippen molar-refractivity contribution in [2.75, 3.05) is 49.0 Å². The topological polar surface area (TPSA) is 122 Å². The third-order valence-electron chi connectivity index (χ3n) is 4.85. The van der Waals surface area contributed by atoms with Gasteiger partial charge in [-0.05, 0) is 19.2 Å². The van der Waals surface area contributed by atoms with Gasteiger partial charge in [0, 0.05) is 37.8 Å². The van der Waals surface area contributed by atoms with Crippen LogP contribution in [0, 0.1) is 5.82 Å². The minimum absolute atomic E-state index is 0.0372. The van der Waals surface area contributed by atoms with Gasteiger partial charge in [0.05, 0.1) is 5.69 Å². The molecule has 2 aromatic rings. The molecule has 4 rings (SSSR count). The summed E-state index contributed by atoms with van der Waals surface area (Å²) in [7, 11) is -2.22. The Hall–Kier alpha value is -2.86. The van der Waals surface area contributed by atoms with Crippen molar-refractivity contribution in [1.82, 2.24) is 19.8 Å². The van der Waals surface area contributed by atoms with Crippen molar-refractivity contribution in [2.24, 2.45) is 0 Å². The number of halogens is 1. The number of aromatic nitrogens is 2. The van der Waals surface area contributed by atoms with E-state index in [4.69, 9.17) is 0 Å². The summed E-state index contributed by atoms with van der Waals surface area (Å²) in [6.07, 6.45) is 0. The van der Waals surface area contributed by atoms with Gasteiger partial charge in [0.1, 0.15) is 18.0 Å². The number of carbonyl (C=O) groups excluding carboxylic acids is 1. The first kappa shape index (κ1) is 18.5. The van der Waals surface area contributed by atoms with Crippen molar-refractivity contribution in [3.63, 3.8) is 0 Å². The maximum Gasteiger partial charge on any atom is 0.326 e. The van der Waals surface area contributed by atoms with Gasteiger partial charge in [-0.25, -0.2) is 13.4 Å². The molecule has 2 fully saturated rings. The van der Waals surface area contributed by atoms with Crippen LogP contribution in [0.25, 0.3) is 11.3 Å². The summed E-state index contributed by atoms with van der Waals surface area (Å²) in [5.74, 6) is -1.69. The number of nitrogens with one attached hydrogen (secondary N) is 2. The molecule has 0 radical (unpaired) electrons. The minimum atomic E-state index is -4.26. The van der Waals surface area contributed by atoms with Crippen LogP contribution in [-0.2, 0) is 15.0 Å². The number of hydrogen-bond acceptors (Lipinski definition) is 7. The van der Waals surface area contributed by atoms with Gasteiger partial charge in [0.15, 0.2) is 11.6 Å². The number of carbonyl (C=O) groups is 1. The van der Waals surface area contributed by atoms with E-state index >= 15 is 4.39 Å². The third-order valence-corrected chi connectivity index (χ3v) is 6.22. The van der Waals surface area contributed by atoms with Gasteiger partial charge in [-0.2, -0.15) is 13.5 Å². The molecule has 0 unspecified atom stereocenters. The molecule has 0 aliphatic carbocycles. The van der Waals surface area contributed by atoms with E-state index in [1.807, 2.05) is 7.05 Å². The molecular formula is C16H19FN6O4S. The summed E-state index contributed by atoms with van der Waals surface area (Å²) in [4.78, 5) is 15.7. The number of H-pyrrole nitrogens is 1. The fourth-order valence-electron chi connectivity index (χ4n) is 3.29. The van der Waals surface area contributed by atoms with E-state index in [1.165, 1.54) is 12.1 Å². The number of likely N-dealkylation sites (N-methyl/N-ethyl adjacent to an activating group) is 1. The van der Waals surface area contributed by atoms with Gasteiger partial charge in [-0.3, -0.25) is 9.89 Å². The van der Waals surface area contributed by atoms with Gasteiger partial charge in [0.25, 0.3) is 5.91 Å². The monoisotopic (exact) mass is 410 g/mol. The number of piperazine rings is 1. The first-order chi connectivity index (χ1) is 13.3. The van der Waals surface area contributed by atoms with Crippen molar-refractivity contribution in [3.05, 3.63) is 24.0 Å². The van der Waals surface area contributed by atoms with Crippen LogP contribution in [0.5, 0.6) is 5.75 Å². The van der Waals surface area contributed by atoms with E-state index < -0.39 is 39.9 Å². The molecule has 10 nitrogen and oxygen atoms in total. The summed E-state index contributed by atoms with van der Waals surface area (Å²) in [6.45, 7) is 2.72.